The zero-order valence-electron chi connectivity index (χ0n) is 8.26. The fourth-order valence-electron chi connectivity index (χ4n) is 3.17. The summed E-state index contributed by atoms with van der Waals surface area (Å²) in [6.45, 7) is 9.72. The summed E-state index contributed by atoms with van der Waals surface area (Å²) in [6, 6.07) is 0. The van der Waals surface area contributed by atoms with Crippen LogP contribution in [0.4, 0.5) is 0 Å². The third-order valence-electron chi connectivity index (χ3n) is 3.92. The molecule has 2 fully saturated rings. The molecule has 1 aliphatic carbocycles. The first kappa shape index (κ1) is 8.52. The van der Waals surface area contributed by atoms with E-state index in [1.165, 1.54) is 0 Å². The maximum absolute atomic E-state index is 5.73. The van der Waals surface area contributed by atoms with Crippen molar-refractivity contribution in [2.45, 2.75) is 20.8 Å². The molecule has 2 aliphatic rings. The van der Waals surface area contributed by atoms with E-state index >= 15 is 0 Å². The minimum Gasteiger partial charge on any atom is -0.380 e. The molecule has 0 aromatic rings. The molecule has 1 saturated carbocycles. The Hall–Kier alpha value is -0.0800. The van der Waals surface area contributed by atoms with Crippen molar-refractivity contribution in [1.29, 1.82) is 0 Å². The molecular formula is C10H19NO. The SMILES string of the molecule is CC1(C2C(CN)C2(C)C)COC1. The van der Waals surface area contributed by atoms with E-state index < -0.39 is 0 Å². The monoisotopic (exact) mass is 169 g/mol. The standard InChI is InChI=1S/C10H19NO/c1-9(2)7(4-11)8(9)10(3)5-12-6-10/h7-8H,4-6,11H2,1-3H3. The van der Waals surface area contributed by atoms with E-state index in [1.807, 2.05) is 0 Å². The van der Waals surface area contributed by atoms with Crippen LogP contribution < -0.4 is 5.73 Å². The number of hydrogen-bond donors (Lipinski definition) is 1. The van der Waals surface area contributed by atoms with Gasteiger partial charge in [0.25, 0.3) is 0 Å². The fraction of sp³-hybridized carbons (Fsp3) is 1.00. The smallest absolute Gasteiger partial charge is 0.0545 e. The Morgan fingerprint density at radius 2 is 1.92 bits per heavy atom. The second kappa shape index (κ2) is 2.24. The Balaban J connectivity index is 2.07. The predicted molar refractivity (Wildman–Crippen MR) is 48.7 cm³/mol. The normalized spacial score (nSPS) is 42.0. The van der Waals surface area contributed by atoms with E-state index in [0.717, 1.165) is 31.6 Å². The summed E-state index contributed by atoms with van der Waals surface area (Å²) >= 11 is 0. The molecule has 0 spiro atoms. The van der Waals surface area contributed by atoms with Crippen LogP contribution >= 0.6 is 0 Å². The molecule has 0 aromatic carbocycles. The van der Waals surface area contributed by atoms with Crippen molar-refractivity contribution in [3.05, 3.63) is 0 Å². The molecule has 12 heavy (non-hydrogen) atoms. The van der Waals surface area contributed by atoms with Crippen LogP contribution in [0.3, 0.4) is 0 Å². The zero-order valence-corrected chi connectivity index (χ0v) is 8.26. The summed E-state index contributed by atoms with van der Waals surface area (Å²) in [5.41, 5.74) is 6.64. The molecule has 2 atom stereocenters. The van der Waals surface area contributed by atoms with E-state index in [4.69, 9.17) is 10.5 Å². The van der Waals surface area contributed by atoms with Crippen LogP contribution in [-0.4, -0.2) is 19.8 Å². The maximum atomic E-state index is 5.73. The Labute approximate surface area is 74.5 Å². The molecule has 0 aromatic heterocycles. The third-order valence-corrected chi connectivity index (χ3v) is 3.92. The predicted octanol–water partition coefficient (Wildman–Crippen LogP) is 1.25. The van der Waals surface area contributed by atoms with Crippen LogP contribution in [0.15, 0.2) is 0 Å². The summed E-state index contributed by atoms with van der Waals surface area (Å²) < 4.78 is 5.28. The lowest BCUT2D eigenvalue weighted by atomic mass is 9.79. The van der Waals surface area contributed by atoms with Crippen molar-refractivity contribution in [3.63, 3.8) is 0 Å². The molecule has 2 N–H and O–H groups in total. The van der Waals surface area contributed by atoms with Crippen LogP contribution in [0.1, 0.15) is 20.8 Å². The van der Waals surface area contributed by atoms with E-state index in [2.05, 4.69) is 20.8 Å². The van der Waals surface area contributed by atoms with E-state index in [-0.39, 0.29) is 0 Å². The molecule has 2 unspecified atom stereocenters. The average Bonchev–Trinajstić information content (AvgIpc) is 2.48. The van der Waals surface area contributed by atoms with Crippen molar-refractivity contribution >= 4 is 0 Å². The van der Waals surface area contributed by atoms with E-state index in [9.17, 15) is 0 Å². The summed E-state index contributed by atoms with van der Waals surface area (Å²) in [7, 11) is 0. The molecule has 0 radical (unpaired) electrons. The zero-order chi connectivity index (χ0) is 8.98. The van der Waals surface area contributed by atoms with Crippen LogP contribution in [0, 0.1) is 22.7 Å². The van der Waals surface area contributed by atoms with Crippen molar-refractivity contribution in [1.82, 2.24) is 0 Å². The molecule has 1 saturated heterocycles. The number of ether oxygens (including phenoxy) is 1. The van der Waals surface area contributed by atoms with Crippen molar-refractivity contribution in [3.8, 4) is 0 Å². The van der Waals surface area contributed by atoms with Gasteiger partial charge in [-0.1, -0.05) is 20.8 Å². The summed E-state index contributed by atoms with van der Waals surface area (Å²) in [5, 5.41) is 0. The third kappa shape index (κ3) is 0.882. The first-order valence-electron chi connectivity index (χ1n) is 4.80. The van der Waals surface area contributed by atoms with Gasteiger partial charge in [0.1, 0.15) is 0 Å². The Morgan fingerprint density at radius 3 is 2.17 bits per heavy atom. The lowest BCUT2D eigenvalue weighted by molar-refractivity contribution is -0.121. The highest BCUT2D eigenvalue weighted by molar-refractivity contribution is 5.13. The van der Waals surface area contributed by atoms with Gasteiger partial charge < -0.3 is 10.5 Å². The summed E-state index contributed by atoms with van der Waals surface area (Å²) in [4.78, 5) is 0. The van der Waals surface area contributed by atoms with Gasteiger partial charge in [0.2, 0.25) is 0 Å². The largest absolute Gasteiger partial charge is 0.380 e. The maximum Gasteiger partial charge on any atom is 0.0545 e. The minimum atomic E-state index is 0.438. The molecule has 2 nitrogen and oxygen atoms in total. The van der Waals surface area contributed by atoms with Gasteiger partial charge in [-0.15, -0.1) is 0 Å². The second-order valence-corrected chi connectivity index (χ2v) is 5.29. The fourth-order valence-corrected chi connectivity index (χ4v) is 3.17. The number of nitrogens with two attached hydrogens (primary N) is 1. The first-order valence-corrected chi connectivity index (χ1v) is 4.80. The van der Waals surface area contributed by atoms with E-state index in [1.54, 1.807) is 0 Å². The Kier molecular flexibility index (Phi) is 1.59. The van der Waals surface area contributed by atoms with Crippen LogP contribution in [0.25, 0.3) is 0 Å². The van der Waals surface area contributed by atoms with Gasteiger partial charge in [0, 0.05) is 5.41 Å². The lowest BCUT2D eigenvalue weighted by Gasteiger charge is -2.40. The topological polar surface area (TPSA) is 35.2 Å². The van der Waals surface area contributed by atoms with E-state index in [0.29, 0.717) is 10.8 Å². The van der Waals surface area contributed by atoms with Crippen molar-refractivity contribution in [2.75, 3.05) is 19.8 Å². The van der Waals surface area contributed by atoms with Gasteiger partial charge in [-0.3, -0.25) is 0 Å². The van der Waals surface area contributed by atoms with Gasteiger partial charge in [-0.2, -0.15) is 0 Å². The number of rotatable bonds is 2. The van der Waals surface area contributed by atoms with Gasteiger partial charge in [0.05, 0.1) is 13.2 Å². The minimum absolute atomic E-state index is 0.438. The van der Waals surface area contributed by atoms with Crippen molar-refractivity contribution in [2.24, 2.45) is 28.4 Å². The molecule has 2 heteroatoms. The van der Waals surface area contributed by atoms with Gasteiger partial charge in [-0.25, -0.2) is 0 Å². The van der Waals surface area contributed by atoms with Gasteiger partial charge in [0.15, 0.2) is 0 Å². The summed E-state index contributed by atoms with van der Waals surface area (Å²) in [5.74, 6) is 1.52. The Morgan fingerprint density at radius 1 is 1.33 bits per heavy atom. The van der Waals surface area contributed by atoms with Crippen LogP contribution in [0.5, 0.6) is 0 Å². The molecule has 0 amide bonds. The molecular weight excluding hydrogens is 150 g/mol. The van der Waals surface area contributed by atoms with Gasteiger partial charge in [-0.05, 0) is 23.8 Å². The van der Waals surface area contributed by atoms with Crippen LogP contribution in [0.2, 0.25) is 0 Å². The second-order valence-electron chi connectivity index (χ2n) is 5.29. The quantitative estimate of drug-likeness (QED) is 0.675. The molecule has 1 heterocycles. The molecule has 0 bridgehead atoms. The highest BCUT2D eigenvalue weighted by Crippen LogP contribution is 2.66. The highest BCUT2D eigenvalue weighted by atomic mass is 16.5. The first-order chi connectivity index (χ1) is 5.52. The molecule has 2 rings (SSSR count). The number of hydrogen-bond acceptors (Lipinski definition) is 2. The van der Waals surface area contributed by atoms with Crippen molar-refractivity contribution < 1.29 is 4.74 Å². The Bertz CT molecular complexity index is 196. The van der Waals surface area contributed by atoms with Gasteiger partial charge >= 0.3 is 0 Å². The summed E-state index contributed by atoms with van der Waals surface area (Å²) in [6.07, 6.45) is 0. The average molecular weight is 169 g/mol. The molecule has 1 aliphatic heterocycles. The highest BCUT2D eigenvalue weighted by Gasteiger charge is 2.65. The molecule has 70 valence electrons. The van der Waals surface area contributed by atoms with Crippen LogP contribution in [-0.2, 0) is 4.74 Å². The lowest BCUT2D eigenvalue weighted by Crippen LogP contribution is -2.43.